The molecule has 2 aliphatic rings. The van der Waals surface area contributed by atoms with Gasteiger partial charge in [-0.3, -0.25) is 0 Å². The number of carbonyl (C=O) groups is 2. The van der Waals surface area contributed by atoms with Crippen LogP contribution >= 0.6 is 0 Å². The number of aromatic carboxylic acids is 1. The van der Waals surface area contributed by atoms with Crippen molar-refractivity contribution < 1.29 is 14.7 Å². The Morgan fingerprint density at radius 1 is 0.865 bits per heavy atom. The fourth-order valence-corrected chi connectivity index (χ4v) is 6.53. The van der Waals surface area contributed by atoms with Gasteiger partial charge < -0.3 is 21.1 Å². The molecule has 37 heavy (non-hydrogen) atoms. The van der Waals surface area contributed by atoms with Crippen molar-refractivity contribution >= 4 is 34.9 Å². The maximum absolute atomic E-state index is 12.6. The van der Waals surface area contributed by atoms with Crippen molar-refractivity contribution in [1.82, 2.24) is 4.98 Å². The number of anilines is 4. The summed E-state index contributed by atoms with van der Waals surface area (Å²) in [6.45, 7) is 4.81. The largest absolute Gasteiger partial charge is 0.478 e. The smallest absolute Gasteiger partial charge is 0.339 e. The second kappa shape index (κ2) is 10.2. The minimum absolute atomic E-state index is 0.0880. The zero-order valence-corrected chi connectivity index (χ0v) is 21.3. The number of amides is 2. The van der Waals surface area contributed by atoms with E-state index in [1.807, 2.05) is 12.1 Å². The van der Waals surface area contributed by atoms with E-state index in [1.165, 1.54) is 49.9 Å². The molecule has 7 nitrogen and oxygen atoms in total. The standard InChI is InChI=1S/C30H34N4O3/c1-19-14-20-16-21(15-19)18-30(2,17-20)22-5-7-24(8-6-22)33-29(37)34-25-11-9-23(10-12-25)32-27-26(28(35)36)4-3-13-31-27/h3-13,19-21H,14-18H2,1-2H3,(H,31,32)(H,35,36)(H2,33,34,37). The molecular weight excluding hydrogens is 464 g/mol. The predicted octanol–water partition coefficient (Wildman–Crippen LogP) is 7.27. The van der Waals surface area contributed by atoms with Crippen molar-refractivity contribution in [3.05, 3.63) is 78.0 Å². The maximum Gasteiger partial charge on any atom is 0.339 e. The van der Waals surface area contributed by atoms with Crippen LogP contribution in [0.5, 0.6) is 0 Å². The first-order valence-corrected chi connectivity index (χ1v) is 13.0. The fourth-order valence-electron chi connectivity index (χ4n) is 6.53. The molecule has 0 aliphatic heterocycles. The van der Waals surface area contributed by atoms with Gasteiger partial charge in [0.1, 0.15) is 11.4 Å². The van der Waals surface area contributed by atoms with E-state index in [1.54, 1.807) is 30.3 Å². The number of carboxylic acids is 1. The Balaban J connectivity index is 1.17. The molecule has 2 fully saturated rings. The van der Waals surface area contributed by atoms with E-state index >= 15 is 0 Å². The van der Waals surface area contributed by atoms with Crippen molar-refractivity contribution in [2.45, 2.75) is 51.4 Å². The number of fused-ring (bicyclic) bond motifs is 2. The van der Waals surface area contributed by atoms with E-state index in [0.717, 1.165) is 23.4 Å². The molecule has 2 amide bonds. The van der Waals surface area contributed by atoms with Crippen LogP contribution in [-0.4, -0.2) is 22.1 Å². The van der Waals surface area contributed by atoms with Gasteiger partial charge in [-0.2, -0.15) is 0 Å². The normalized spacial score (nSPS) is 24.6. The van der Waals surface area contributed by atoms with Gasteiger partial charge in [-0.25, -0.2) is 14.6 Å². The molecule has 4 N–H and O–H groups in total. The molecule has 0 radical (unpaired) electrons. The van der Waals surface area contributed by atoms with Gasteiger partial charge in [0.15, 0.2) is 0 Å². The minimum atomic E-state index is -1.05. The molecule has 2 unspecified atom stereocenters. The third kappa shape index (κ3) is 5.77. The SMILES string of the molecule is CC1CC2CC(C1)CC(C)(c1ccc(NC(=O)Nc3ccc(Nc4ncccc4C(=O)O)cc3)cc1)C2. The summed E-state index contributed by atoms with van der Waals surface area (Å²) in [5.41, 5.74) is 3.70. The average Bonchev–Trinajstić information content (AvgIpc) is 2.85. The van der Waals surface area contributed by atoms with Crippen LogP contribution in [-0.2, 0) is 5.41 Å². The van der Waals surface area contributed by atoms with Crippen molar-refractivity contribution in [3.63, 3.8) is 0 Å². The highest BCUT2D eigenvalue weighted by molar-refractivity contribution is 6.00. The molecule has 192 valence electrons. The first-order valence-electron chi connectivity index (χ1n) is 13.0. The molecule has 0 saturated heterocycles. The number of urea groups is 1. The summed E-state index contributed by atoms with van der Waals surface area (Å²) in [5, 5.41) is 18.1. The average molecular weight is 499 g/mol. The van der Waals surface area contributed by atoms with Crippen LogP contribution in [0.15, 0.2) is 66.9 Å². The summed E-state index contributed by atoms with van der Waals surface area (Å²) in [7, 11) is 0. The van der Waals surface area contributed by atoms with Gasteiger partial charge in [-0.15, -0.1) is 0 Å². The second-order valence-electron chi connectivity index (χ2n) is 11.1. The molecule has 2 aromatic carbocycles. The van der Waals surface area contributed by atoms with Crippen LogP contribution in [0.25, 0.3) is 0 Å². The highest BCUT2D eigenvalue weighted by Crippen LogP contribution is 2.51. The van der Waals surface area contributed by atoms with Gasteiger partial charge in [0, 0.05) is 23.3 Å². The molecule has 2 atom stereocenters. The second-order valence-corrected chi connectivity index (χ2v) is 11.1. The van der Waals surface area contributed by atoms with Gasteiger partial charge >= 0.3 is 12.0 Å². The van der Waals surface area contributed by atoms with Gasteiger partial charge in [0.05, 0.1) is 0 Å². The Labute approximate surface area is 217 Å². The zero-order chi connectivity index (χ0) is 26.0. The molecule has 2 bridgehead atoms. The van der Waals surface area contributed by atoms with E-state index in [0.29, 0.717) is 11.4 Å². The number of benzene rings is 2. The quantitative estimate of drug-likeness (QED) is 0.286. The van der Waals surface area contributed by atoms with Crippen LogP contribution in [0.2, 0.25) is 0 Å². The van der Waals surface area contributed by atoms with E-state index < -0.39 is 5.97 Å². The number of rotatable bonds is 6. The monoisotopic (exact) mass is 498 g/mol. The number of hydrogen-bond acceptors (Lipinski definition) is 4. The summed E-state index contributed by atoms with van der Waals surface area (Å²) < 4.78 is 0. The van der Waals surface area contributed by atoms with Crippen LogP contribution in [0.4, 0.5) is 27.7 Å². The van der Waals surface area contributed by atoms with E-state index in [4.69, 9.17) is 0 Å². The number of nitrogens with one attached hydrogen (secondary N) is 3. The van der Waals surface area contributed by atoms with Gasteiger partial charge in [0.2, 0.25) is 0 Å². The minimum Gasteiger partial charge on any atom is -0.478 e. The lowest BCUT2D eigenvalue weighted by Gasteiger charge is -2.47. The molecule has 1 heterocycles. The first kappa shape index (κ1) is 24.8. The molecule has 7 heteroatoms. The molecule has 3 aromatic rings. The highest BCUT2D eigenvalue weighted by Gasteiger charge is 2.41. The Morgan fingerprint density at radius 3 is 2.03 bits per heavy atom. The Morgan fingerprint density at radius 2 is 1.43 bits per heavy atom. The predicted molar refractivity (Wildman–Crippen MR) is 147 cm³/mol. The van der Waals surface area contributed by atoms with Gasteiger partial charge in [0.25, 0.3) is 0 Å². The maximum atomic E-state index is 12.6. The van der Waals surface area contributed by atoms with Crippen LogP contribution in [0, 0.1) is 17.8 Å². The third-order valence-electron chi connectivity index (χ3n) is 7.90. The summed E-state index contributed by atoms with van der Waals surface area (Å²) in [5.74, 6) is 1.73. The van der Waals surface area contributed by atoms with Crippen molar-refractivity contribution in [2.75, 3.05) is 16.0 Å². The molecule has 0 spiro atoms. The third-order valence-corrected chi connectivity index (χ3v) is 7.90. The summed E-state index contributed by atoms with van der Waals surface area (Å²) in [4.78, 5) is 28.0. The number of carbonyl (C=O) groups excluding carboxylic acids is 1. The van der Waals surface area contributed by atoms with E-state index in [-0.39, 0.29) is 22.8 Å². The summed E-state index contributed by atoms with van der Waals surface area (Å²) in [6, 6.07) is 18.1. The molecule has 5 rings (SSSR count). The van der Waals surface area contributed by atoms with Gasteiger partial charge in [-0.1, -0.05) is 26.0 Å². The van der Waals surface area contributed by atoms with Crippen LogP contribution in [0.1, 0.15) is 61.9 Å². The summed E-state index contributed by atoms with van der Waals surface area (Å²) in [6.07, 6.45) is 8.14. The number of hydrogen-bond donors (Lipinski definition) is 4. The number of nitrogens with zero attached hydrogens (tertiary/aromatic N) is 1. The van der Waals surface area contributed by atoms with Crippen LogP contribution in [0.3, 0.4) is 0 Å². The number of aromatic nitrogens is 1. The molecule has 2 saturated carbocycles. The Hall–Kier alpha value is -3.87. The Kier molecular flexibility index (Phi) is 6.87. The first-order chi connectivity index (χ1) is 17.8. The van der Waals surface area contributed by atoms with E-state index in [9.17, 15) is 14.7 Å². The highest BCUT2D eigenvalue weighted by atomic mass is 16.4. The topological polar surface area (TPSA) is 103 Å². The summed E-state index contributed by atoms with van der Waals surface area (Å²) >= 11 is 0. The van der Waals surface area contributed by atoms with Gasteiger partial charge in [-0.05, 0) is 109 Å². The van der Waals surface area contributed by atoms with Crippen molar-refractivity contribution in [3.8, 4) is 0 Å². The number of pyridine rings is 1. The van der Waals surface area contributed by atoms with Crippen molar-refractivity contribution in [2.24, 2.45) is 17.8 Å². The fraction of sp³-hybridized carbons (Fsp3) is 0.367. The van der Waals surface area contributed by atoms with E-state index in [2.05, 4.69) is 46.9 Å². The van der Waals surface area contributed by atoms with Crippen molar-refractivity contribution in [1.29, 1.82) is 0 Å². The zero-order valence-electron chi connectivity index (χ0n) is 21.3. The van der Waals surface area contributed by atoms with Crippen LogP contribution < -0.4 is 16.0 Å². The lowest BCUT2D eigenvalue weighted by Crippen LogP contribution is -2.38. The molecule has 1 aromatic heterocycles. The molecule has 2 aliphatic carbocycles. The Bertz CT molecular complexity index is 1250. The molecular formula is C30H34N4O3. The lowest BCUT2D eigenvalue weighted by atomic mass is 9.57. The number of carboxylic acid groups (broad SMARTS) is 1. The lowest BCUT2D eigenvalue weighted by molar-refractivity contribution is 0.0697.